The third-order valence-electron chi connectivity index (χ3n) is 4.96. The molecule has 0 aliphatic carbocycles. The standard InChI is InChI=1S/2C13H9F3N2O2.Cu/c2*14-13(15,16)8-3-1-4-9(7-8)18-11-10(12(19)20)5-2-6-17-11;/h2*1-7H,(H,17,18)(H,19,20);/q;;+2/p-2. The van der Waals surface area contributed by atoms with Crippen LogP contribution in [0.3, 0.4) is 0 Å². The molecule has 0 saturated heterocycles. The molecule has 0 saturated carbocycles. The number of aromatic nitrogens is 2. The van der Waals surface area contributed by atoms with Gasteiger partial charge in [-0.3, -0.25) is 0 Å². The molecule has 8 nitrogen and oxygen atoms in total. The molecule has 2 N–H and O–H groups in total. The number of hydrogen-bond acceptors (Lipinski definition) is 8. The third kappa shape index (κ3) is 9.22. The number of carboxylic acids is 2. The van der Waals surface area contributed by atoms with E-state index in [2.05, 4.69) is 20.6 Å². The average Bonchev–Trinajstić information content (AvgIpc) is 2.89. The van der Waals surface area contributed by atoms with Crippen LogP contribution in [-0.4, -0.2) is 21.9 Å². The van der Waals surface area contributed by atoms with Gasteiger partial charge in [-0.1, -0.05) is 12.1 Å². The van der Waals surface area contributed by atoms with Crippen molar-refractivity contribution in [1.82, 2.24) is 9.97 Å². The fraction of sp³-hybridized carbons (Fsp3) is 0.0769. The number of carbonyl (C=O) groups excluding carboxylic acids is 2. The number of carbonyl (C=O) groups is 2. The van der Waals surface area contributed by atoms with E-state index in [1.807, 2.05) is 0 Å². The number of rotatable bonds is 6. The van der Waals surface area contributed by atoms with Crippen molar-refractivity contribution < 1.29 is 63.2 Å². The summed E-state index contributed by atoms with van der Waals surface area (Å²) in [6, 6.07) is 14.0. The summed E-state index contributed by atoms with van der Waals surface area (Å²) in [5, 5.41) is 26.8. The van der Waals surface area contributed by atoms with E-state index in [9.17, 15) is 46.1 Å². The van der Waals surface area contributed by atoms with Gasteiger partial charge in [0, 0.05) is 34.9 Å². The smallest absolute Gasteiger partial charge is 0.545 e. The van der Waals surface area contributed by atoms with E-state index >= 15 is 0 Å². The number of anilines is 4. The molecule has 0 atom stereocenters. The number of halogens is 6. The Morgan fingerprint density at radius 3 is 1.29 bits per heavy atom. The second-order valence-electron chi connectivity index (χ2n) is 7.78. The first kappa shape index (κ1) is 32.6. The quantitative estimate of drug-likeness (QED) is 0.238. The molecule has 217 valence electrons. The maximum absolute atomic E-state index is 12.6. The Labute approximate surface area is 238 Å². The molecule has 4 rings (SSSR count). The van der Waals surface area contributed by atoms with E-state index in [0.717, 1.165) is 24.3 Å². The van der Waals surface area contributed by atoms with E-state index in [1.54, 1.807) is 0 Å². The van der Waals surface area contributed by atoms with Crippen LogP contribution in [0.5, 0.6) is 0 Å². The molecule has 0 bridgehead atoms. The first-order chi connectivity index (χ1) is 18.8. The molecule has 0 amide bonds. The molecule has 0 fully saturated rings. The summed E-state index contributed by atoms with van der Waals surface area (Å²) in [4.78, 5) is 29.3. The zero-order valence-corrected chi connectivity index (χ0v) is 21.1. The summed E-state index contributed by atoms with van der Waals surface area (Å²) in [5.41, 5.74) is -1.97. The molecular weight excluding hydrogens is 610 g/mol. The van der Waals surface area contributed by atoms with Crippen LogP contribution in [0.2, 0.25) is 0 Å². The van der Waals surface area contributed by atoms with E-state index < -0.39 is 35.4 Å². The maximum Gasteiger partial charge on any atom is 2.00 e. The first-order valence-electron chi connectivity index (χ1n) is 11.0. The van der Waals surface area contributed by atoms with Gasteiger partial charge in [0.15, 0.2) is 0 Å². The fourth-order valence-corrected chi connectivity index (χ4v) is 3.16. The molecule has 41 heavy (non-hydrogen) atoms. The van der Waals surface area contributed by atoms with Crippen LogP contribution in [0, 0.1) is 0 Å². The molecule has 0 spiro atoms. The van der Waals surface area contributed by atoms with Crippen LogP contribution in [0.1, 0.15) is 31.8 Å². The van der Waals surface area contributed by atoms with Gasteiger partial charge in [0.05, 0.1) is 23.1 Å². The Bertz CT molecular complexity index is 1400. The topological polar surface area (TPSA) is 130 Å². The molecule has 15 heteroatoms. The molecule has 2 aromatic heterocycles. The summed E-state index contributed by atoms with van der Waals surface area (Å²) in [5.74, 6) is -3.08. The van der Waals surface area contributed by atoms with E-state index in [0.29, 0.717) is 0 Å². The summed E-state index contributed by atoms with van der Waals surface area (Å²) >= 11 is 0. The zero-order chi connectivity index (χ0) is 29.5. The van der Waals surface area contributed by atoms with Crippen LogP contribution in [0.15, 0.2) is 85.2 Å². The number of nitrogens with zero attached hydrogens (tertiary/aromatic N) is 2. The number of benzene rings is 2. The predicted octanol–water partition coefficient (Wildman–Crippen LogP) is 4.41. The largest absolute Gasteiger partial charge is 2.00 e. The fourth-order valence-electron chi connectivity index (χ4n) is 3.16. The second-order valence-corrected chi connectivity index (χ2v) is 7.78. The Balaban J connectivity index is 0.000000280. The zero-order valence-electron chi connectivity index (χ0n) is 20.2. The first-order valence-corrected chi connectivity index (χ1v) is 11.0. The number of aromatic carboxylic acids is 2. The number of pyridine rings is 2. The van der Waals surface area contributed by atoms with E-state index in [-0.39, 0.29) is 51.2 Å². The van der Waals surface area contributed by atoms with Gasteiger partial charge in [0.1, 0.15) is 11.6 Å². The van der Waals surface area contributed by atoms with Crippen molar-refractivity contribution in [1.29, 1.82) is 0 Å². The molecule has 0 aliphatic heterocycles. The number of nitrogens with one attached hydrogen (secondary N) is 2. The Kier molecular flexibility index (Phi) is 10.8. The predicted molar refractivity (Wildman–Crippen MR) is 127 cm³/mol. The van der Waals surface area contributed by atoms with E-state index in [1.165, 1.54) is 60.9 Å². The van der Waals surface area contributed by atoms with Gasteiger partial charge in [-0.15, -0.1) is 0 Å². The Morgan fingerprint density at radius 1 is 0.610 bits per heavy atom. The van der Waals surface area contributed by atoms with Gasteiger partial charge >= 0.3 is 29.4 Å². The van der Waals surface area contributed by atoms with Crippen molar-refractivity contribution in [3.05, 3.63) is 107 Å². The SMILES string of the molecule is O=C([O-])c1cccnc1Nc1cccc(C(F)(F)F)c1.O=C([O-])c1cccnc1Nc1cccc(C(F)(F)F)c1.[Cu+2]. The third-order valence-corrected chi connectivity index (χ3v) is 4.96. The van der Waals surface area contributed by atoms with Crippen LogP contribution in [0.4, 0.5) is 49.4 Å². The molecule has 1 radical (unpaired) electrons. The minimum absolute atomic E-state index is 0. The van der Waals surface area contributed by atoms with Crippen molar-refractivity contribution in [3.8, 4) is 0 Å². The van der Waals surface area contributed by atoms with Gasteiger partial charge in [0.25, 0.3) is 0 Å². The maximum atomic E-state index is 12.6. The molecule has 0 aliphatic rings. The summed E-state index contributed by atoms with van der Waals surface area (Å²) in [7, 11) is 0. The molecular formula is C26H16CuF6N4O4. The minimum atomic E-state index is -4.47. The Hall–Kier alpha value is -4.62. The van der Waals surface area contributed by atoms with Gasteiger partial charge in [-0.25, -0.2) is 9.97 Å². The monoisotopic (exact) mass is 625 g/mol. The van der Waals surface area contributed by atoms with Gasteiger partial charge < -0.3 is 30.4 Å². The van der Waals surface area contributed by atoms with Crippen molar-refractivity contribution in [2.75, 3.05) is 10.6 Å². The van der Waals surface area contributed by atoms with Gasteiger partial charge in [-0.2, -0.15) is 26.3 Å². The van der Waals surface area contributed by atoms with Gasteiger partial charge in [0.2, 0.25) is 0 Å². The Morgan fingerprint density at radius 2 is 0.976 bits per heavy atom. The van der Waals surface area contributed by atoms with Crippen molar-refractivity contribution in [2.45, 2.75) is 12.4 Å². The average molecular weight is 626 g/mol. The second kappa shape index (κ2) is 13.6. The number of hydrogen-bond donors (Lipinski definition) is 2. The van der Waals surface area contributed by atoms with E-state index in [4.69, 9.17) is 0 Å². The minimum Gasteiger partial charge on any atom is -0.545 e. The van der Waals surface area contributed by atoms with Crippen LogP contribution < -0.4 is 20.8 Å². The van der Waals surface area contributed by atoms with Crippen LogP contribution in [0.25, 0.3) is 0 Å². The number of carboxylic acid groups (broad SMARTS) is 2. The van der Waals surface area contributed by atoms with Crippen LogP contribution in [-0.2, 0) is 29.4 Å². The van der Waals surface area contributed by atoms with Crippen molar-refractivity contribution in [2.24, 2.45) is 0 Å². The molecule has 2 heterocycles. The normalized spacial score (nSPS) is 10.9. The molecule has 2 aromatic carbocycles. The van der Waals surface area contributed by atoms with Gasteiger partial charge in [-0.05, 0) is 60.7 Å². The number of alkyl halides is 6. The summed E-state index contributed by atoms with van der Waals surface area (Å²) in [6.07, 6.45) is -6.30. The summed E-state index contributed by atoms with van der Waals surface area (Å²) in [6.45, 7) is 0. The molecule has 0 unspecified atom stereocenters. The molecule has 4 aromatic rings. The van der Waals surface area contributed by atoms with Crippen molar-refractivity contribution in [3.63, 3.8) is 0 Å². The van der Waals surface area contributed by atoms with Crippen LogP contribution >= 0.6 is 0 Å². The van der Waals surface area contributed by atoms with Crippen molar-refractivity contribution >= 4 is 34.9 Å². The summed E-state index contributed by atoms with van der Waals surface area (Å²) < 4.78 is 75.4.